The number of nitrogens with two attached hydrogens (primary N) is 1. The molecule has 4 N–H and O–H groups in total. The topological polar surface area (TPSA) is 106 Å². The number of nitrogen functional groups attached to an aromatic ring is 1. The van der Waals surface area contributed by atoms with Crippen molar-refractivity contribution in [3.05, 3.63) is 58.7 Å². The molecular formula is C20H16FN5O2. The molecule has 0 aliphatic carbocycles. The number of aromatic nitrogens is 3. The van der Waals surface area contributed by atoms with Gasteiger partial charge in [0.15, 0.2) is 11.6 Å². The predicted molar refractivity (Wildman–Crippen MR) is 101 cm³/mol. The molecule has 1 aromatic carbocycles. The molecule has 0 fully saturated rings. The summed E-state index contributed by atoms with van der Waals surface area (Å²) in [4.78, 5) is 20.5. The maximum atomic E-state index is 13.2. The zero-order valence-corrected chi connectivity index (χ0v) is 15.0. The summed E-state index contributed by atoms with van der Waals surface area (Å²) in [6, 6.07) is 5.61. The lowest BCUT2D eigenvalue weighted by molar-refractivity contribution is 0.0945. The Kier molecular flexibility index (Phi) is 4.20. The number of fused-ring (bicyclic) bond motifs is 1. The summed E-state index contributed by atoms with van der Waals surface area (Å²) in [6.45, 7) is 0.579. The quantitative estimate of drug-likeness (QED) is 0.559. The van der Waals surface area contributed by atoms with Gasteiger partial charge in [0.25, 0.3) is 5.91 Å². The van der Waals surface area contributed by atoms with E-state index in [9.17, 15) is 14.3 Å². The Labute approximate surface area is 160 Å². The van der Waals surface area contributed by atoms with Gasteiger partial charge in [0.1, 0.15) is 5.69 Å². The van der Waals surface area contributed by atoms with Crippen molar-refractivity contribution >= 4 is 11.9 Å². The third-order valence-corrected chi connectivity index (χ3v) is 4.59. The Hall–Kier alpha value is -3.86. The van der Waals surface area contributed by atoms with Crippen LogP contribution in [0.3, 0.4) is 0 Å². The fraction of sp³-hybridized carbons (Fsp3) is 0.150. The minimum Gasteiger partial charge on any atom is -0.505 e. The molecule has 1 aliphatic heterocycles. The molecule has 1 aliphatic rings. The van der Waals surface area contributed by atoms with E-state index in [0.29, 0.717) is 41.0 Å². The lowest BCUT2D eigenvalue weighted by Gasteiger charge is -2.14. The van der Waals surface area contributed by atoms with Crippen LogP contribution in [0.25, 0.3) is 11.4 Å². The van der Waals surface area contributed by atoms with Crippen LogP contribution in [0.5, 0.6) is 5.75 Å². The van der Waals surface area contributed by atoms with Crippen molar-refractivity contribution < 1.29 is 14.3 Å². The van der Waals surface area contributed by atoms with Crippen LogP contribution in [-0.4, -0.2) is 32.1 Å². The van der Waals surface area contributed by atoms with E-state index in [0.717, 1.165) is 11.8 Å². The number of rotatable bonds is 1. The van der Waals surface area contributed by atoms with Crippen molar-refractivity contribution in [3.8, 4) is 29.0 Å². The lowest BCUT2D eigenvalue weighted by atomic mass is 10.1. The number of aromatic hydroxyl groups is 1. The summed E-state index contributed by atoms with van der Waals surface area (Å²) in [5, 5.41) is 12.3. The Morgan fingerprint density at radius 2 is 2.14 bits per heavy atom. The van der Waals surface area contributed by atoms with Crippen molar-refractivity contribution in [1.29, 1.82) is 0 Å². The number of nitrogens with one attached hydrogen (secondary N) is 1. The number of nitrogens with zero attached hydrogens (tertiary/aromatic N) is 3. The van der Waals surface area contributed by atoms with E-state index in [2.05, 4.69) is 27.1 Å². The van der Waals surface area contributed by atoms with Crippen LogP contribution in [0, 0.1) is 17.7 Å². The van der Waals surface area contributed by atoms with Crippen LogP contribution < -0.4 is 11.1 Å². The molecule has 1 amide bonds. The highest BCUT2D eigenvalue weighted by atomic mass is 19.1. The van der Waals surface area contributed by atoms with Crippen LogP contribution in [0.15, 0.2) is 30.5 Å². The summed E-state index contributed by atoms with van der Waals surface area (Å²) in [5.41, 5.74) is 9.42. The molecule has 0 bridgehead atoms. The molecule has 0 spiro atoms. The first kappa shape index (κ1) is 17.5. The zero-order chi connectivity index (χ0) is 19.8. The van der Waals surface area contributed by atoms with Gasteiger partial charge in [0, 0.05) is 37.5 Å². The van der Waals surface area contributed by atoms with Crippen LogP contribution in [0.2, 0.25) is 0 Å². The Balaban J connectivity index is 1.82. The van der Waals surface area contributed by atoms with E-state index in [4.69, 9.17) is 5.73 Å². The average Bonchev–Trinajstić information content (AvgIpc) is 3.01. The van der Waals surface area contributed by atoms with E-state index < -0.39 is 11.6 Å². The second-order valence-corrected chi connectivity index (χ2v) is 6.36. The number of halogens is 1. The number of phenols is 1. The number of benzene rings is 1. The third-order valence-electron chi connectivity index (χ3n) is 4.59. The Bertz CT molecular complexity index is 1170. The summed E-state index contributed by atoms with van der Waals surface area (Å²) < 4.78 is 15.1. The van der Waals surface area contributed by atoms with Gasteiger partial charge in [-0.3, -0.25) is 4.79 Å². The first-order valence-corrected chi connectivity index (χ1v) is 8.54. The van der Waals surface area contributed by atoms with Crippen LogP contribution >= 0.6 is 0 Å². The minimum atomic E-state index is -0.713. The largest absolute Gasteiger partial charge is 0.505 e. The number of carbonyl (C=O) groups is 1. The smallest absolute Gasteiger partial charge is 0.253 e. The molecule has 2 aromatic heterocycles. The minimum absolute atomic E-state index is 0.0867. The van der Waals surface area contributed by atoms with E-state index in [1.807, 2.05) is 11.6 Å². The van der Waals surface area contributed by atoms with Crippen molar-refractivity contribution in [2.45, 2.75) is 6.42 Å². The van der Waals surface area contributed by atoms with Crippen molar-refractivity contribution in [3.63, 3.8) is 0 Å². The highest BCUT2D eigenvalue weighted by Crippen LogP contribution is 2.28. The number of hydrogen-bond acceptors (Lipinski definition) is 5. The highest BCUT2D eigenvalue weighted by molar-refractivity contribution is 5.98. The lowest BCUT2D eigenvalue weighted by Crippen LogP contribution is -2.31. The number of anilines is 1. The highest BCUT2D eigenvalue weighted by Gasteiger charge is 2.24. The van der Waals surface area contributed by atoms with Gasteiger partial charge in [-0.1, -0.05) is 11.8 Å². The molecule has 7 nitrogen and oxygen atoms in total. The molecular weight excluding hydrogens is 361 g/mol. The predicted octanol–water partition coefficient (Wildman–Crippen LogP) is 1.59. The van der Waals surface area contributed by atoms with E-state index in [1.54, 1.807) is 6.07 Å². The van der Waals surface area contributed by atoms with Gasteiger partial charge in [0.2, 0.25) is 5.95 Å². The SMILES string of the molecule is Cn1c(-c2nc(N)ncc2C#Cc2ccc(F)c(O)c2)cc2c1CCNC2=O. The van der Waals surface area contributed by atoms with Gasteiger partial charge >= 0.3 is 0 Å². The monoisotopic (exact) mass is 377 g/mol. The molecule has 0 unspecified atom stereocenters. The van der Waals surface area contributed by atoms with Gasteiger partial charge in [-0.05, 0) is 24.3 Å². The summed E-state index contributed by atoms with van der Waals surface area (Å²) >= 11 is 0. The summed E-state index contributed by atoms with van der Waals surface area (Å²) in [6.07, 6.45) is 2.22. The number of amides is 1. The fourth-order valence-electron chi connectivity index (χ4n) is 3.17. The second-order valence-electron chi connectivity index (χ2n) is 6.36. The van der Waals surface area contributed by atoms with E-state index in [-0.39, 0.29) is 11.9 Å². The Morgan fingerprint density at radius 1 is 1.32 bits per heavy atom. The molecule has 3 aromatic rings. The zero-order valence-electron chi connectivity index (χ0n) is 15.0. The molecule has 0 saturated heterocycles. The molecule has 0 radical (unpaired) electrons. The first-order valence-electron chi connectivity index (χ1n) is 8.54. The van der Waals surface area contributed by atoms with Crippen molar-refractivity contribution in [1.82, 2.24) is 19.9 Å². The molecule has 4 rings (SSSR count). The first-order chi connectivity index (χ1) is 13.4. The van der Waals surface area contributed by atoms with Gasteiger partial charge in [-0.25, -0.2) is 14.4 Å². The molecule has 0 saturated carbocycles. The van der Waals surface area contributed by atoms with E-state index >= 15 is 0 Å². The average molecular weight is 377 g/mol. The van der Waals surface area contributed by atoms with Gasteiger partial charge in [0.05, 0.1) is 16.8 Å². The maximum absolute atomic E-state index is 13.2. The Morgan fingerprint density at radius 3 is 2.89 bits per heavy atom. The standard InChI is InChI=1S/C20H16FN5O2/c1-26-15-6-7-23-19(28)13(15)9-16(26)18-12(10-24-20(22)25-18)4-2-11-3-5-14(21)17(27)8-11/h3,5,8-10,27H,6-7H2,1H3,(H,23,28)(H2,22,24,25). The van der Waals surface area contributed by atoms with Crippen LogP contribution in [0.1, 0.15) is 27.2 Å². The van der Waals surface area contributed by atoms with Gasteiger partial charge < -0.3 is 20.7 Å². The fourth-order valence-corrected chi connectivity index (χ4v) is 3.17. The van der Waals surface area contributed by atoms with Crippen LogP contribution in [-0.2, 0) is 13.5 Å². The maximum Gasteiger partial charge on any atom is 0.253 e. The molecule has 28 heavy (non-hydrogen) atoms. The van der Waals surface area contributed by atoms with Gasteiger partial charge in [-0.2, -0.15) is 0 Å². The third kappa shape index (κ3) is 3.03. The molecule has 8 heteroatoms. The van der Waals surface area contributed by atoms with Crippen molar-refractivity contribution in [2.75, 3.05) is 12.3 Å². The number of hydrogen-bond donors (Lipinski definition) is 3. The number of carbonyl (C=O) groups excluding carboxylic acids is 1. The van der Waals surface area contributed by atoms with Crippen LogP contribution in [0.4, 0.5) is 10.3 Å². The second kappa shape index (κ2) is 6.70. The van der Waals surface area contributed by atoms with Crippen molar-refractivity contribution in [2.24, 2.45) is 7.05 Å². The molecule has 0 atom stereocenters. The van der Waals surface area contributed by atoms with E-state index in [1.165, 1.54) is 18.3 Å². The molecule has 3 heterocycles. The normalized spacial score (nSPS) is 12.7. The molecule has 140 valence electrons. The van der Waals surface area contributed by atoms with Gasteiger partial charge in [-0.15, -0.1) is 0 Å². The summed E-state index contributed by atoms with van der Waals surface area (Å²) in [5.74, 6) is 4.58. The number of phenolic OH excluding ortho intramolecular Hbond substituents is 1. The summed E-state index contributed by atoms with van der Waals surface area (Å²) in [7, 11) is 1.86.